The summed E-state index contributed by atoms with van der Waals surface area (Å²) >= 11 is 0. The first-order valence-corrected chi connectivity index (χ1v) is 13.3. The molecule has 0 aromatic heterocycles. The molecule has 0 radical (unpaired) electrons. The molecular formula is C26H52N2O3. The van der Waals surface area contributed by atoms with Crippen molar-refractivity contribution >= 4 is 11.8 Å². The van der Waals surface area contributed by atoms with Gasteiger partial charge in [-0.25, -0.2) is 0 Å². The number of nitrogens with one attached hydrogen (secondary N) is 2. The van der Waals surface area contributed by atoms with E-state index >= 15 is 0 Å². The predicted octanol–water partition coefficient (Wildman–Crippen LogP) is 6.03. The van der Waals surface area contributed by atoms with Crippen LogP contribution in [0.1, 0.15) is 136 Å². The molecule has 0 saturated carbocycles. The minimum Gasteiger partial charge on any atom is -0.394 e. The molecule has 0 aliphatic rings. The molecule has 0 fully saturated rings. The molecule has 2 amide bonds. The van der Waals surface area contributed by atoms with E-state index in [4.69, 9.17) is 0 Å². The first-order chi connectivity index (χ1) is 15.1. The largest absolute Gasteiger partial charge is 0.394 e. The highest BCUT2D eigenvalue weighted by Crippen LogP contribution is 2.10. The van der Waals surface area contributed by atoms with Gasteiger partial charge in [-0.3, -0.25) is 9.59 Å². The van der Waals surface area contributed by atoms with Gasteiger partial charge in [0.05, 0.1) is 12.6 Å². The number of unbranched alkanes of at least 4 members (excludes halogenated alkanes) is 13. The van der Waals surface area contributed by atoms with Gasteiger partial charge in [-0.1, -0.05) is 90.9 Å². The van der Waals surface area contributed by atoms with Crippen molar-refractivity contribution in [1.82, 2.24) is 10.6 Å². The molecule has 1 atom stereocenters. The molecular weight excluding hydrogens is 388 g/mol. The molecule has 0 spiro atoms. The van der Waals surface area contributed by atoms with Crippen LogP contribution in [-0.2, 0) is 9.59 Å². The lowest BCUT2D eigenvalue weighted by molar-refractivity contribution is -0.122. The Morgan fingerprint density at radius 3 is 1.65 bits per heavy atom. The summed E-state index contributed by atoms with van der Waals surface area (Å²) in [6.07, 6.45) is 20.7. The van der Waals surface area contributed by atoms with Crippen LogP contribution < -0.4 is 10.6 Å². The van der Waals surface area contributed by atoms with Gasteiger partial charge in [0.15, 0.2) is 0 Å². The van der Waals surface area contributed by atoms with Crippen LogP contribution in [0.3, 0.4) is 0 Å². The van der Waals surface area contributed by atoms with Crippen molar-refractivity contribution in [2.75, 3.05) is 13.2 Å². The lowest BCUT2D eigenvalue weighted by atomic mass is 10.1. The molecule has 0 rings (SSSR count). The monoisotopic (exact) mass is 440 g/mol. The van der Waals surface area contributed by atoms with Gasteiger partial charge in [0, 0.05) is 19.4 Å². The first kappa shape index (κ1) is 29.9. The number of carbonyl (C=O) groups is 2. The topological polar surface area (TPSA) is 78.4 Å². The van der Waals surface area contributed by atoms with Gasteiger partial charge in [-0.2, -0.15) is 0 Å². The summed E-state index contributed by atoms with van der Waals surface area (Å²) in [5, 5.41) is 15.5. The number of hydrogen-bond donors (Lipinski definition) is 3. The number of amides is 2. The summed E-state index contributed by atoms with van der Waals surface area (Å²) in [5.41, 5.74) is 0. The number of aliphatic hydroxyl groups excluding tert-OH is 1. The highest BCUT2D eigenvalue weighted by Gasteiger charge is 2.11. The van der Waals surface area contributed by atoms with Gasteiger partial charge in [0.2, 0.25) is 11.8 Å². The lowest BCUT2D eigenvalue weighted by Gasteiger charge is -2.16. The summed E-state index contributed by atoms with van der Waals surface area (Å²) < 4.78 is 0. The number of rotatable bonds is 23. The van der Waals surface area contributed by atoms with E-state index < -0.39 is 0 Å². The van der Waals surface area contributed by atoms with Gasteiger partial charge >= 0.3 is 0 Å². The van der Waals surface area contributed by atoms with E-state index in [1.54, 1.807) is 0 Å². The zero-order valence-corrected chi connectivity index (χ0v) is 20.7. The fraction of sp³-hybridized carbons (Fsp3) is 0.923. The van der Waals surface area contributed by atoms with Gasteiger partial charge in [0.1, 0.15) is 0 Å². The number of hydrogen-bond acceptors (Lipinski definition) is 3. The maximum absolute atomic E-state index is 12.0. The Bertz CT molecular complexity index is 415. The molecule has 0 bridgehead atoms. The third-order valence-electron chi connectivity index (χ3n) is 5.90. The molecule has 5 nitrogen and oxygen atoms in total. The van der Waals surface area contributed by atoms with Crippen LogP contribution in [0.2, 0.25) is 0 Å². The fourth-order valence-electron chi connectivity index (χ4n) is 3.83. The summed E-state index contributed by atoms with van der Waals surface area (Å²) in [7, 11) is 0. The van der Waals surface area contributed by atoms with Crippen LogP contribution in [0.4, 0.5) is 0 Å². The van der Waals surface area contributed by atoms with Crippen molar-refractivity contribution in [3.63, 3.8) is 0 Å². The zero-order chi connectivity index (χ0) is 23.0. The molecule has 0 aliphatic heterocycles. The molecule has 0 aromatic rings. The van der Waals surface area contributed by atoms with Crippen molar-refractivity contribution in [2.24, 2.45) is 0 Å². The summed E-state index contributed by atoms with van der Waals surface area (Å²) in [4.78, 5) is 23.9. The Morgan fingerprint density at radius 1 is 0.645 bits per heavy atom. The minimum absolute atomic E-state index is 0.0205. The Morgan fingerprint density at radius 2 is 1.13 bits per heavy atom. The van der Waals surface area contributed by atoms with Gasteiger partial charge in [-0.05, 0) is 32.1 Å². The zero-order valence-electron chi connectivity index (χ0n) is 20.7. The third-order valence-corrected chi connectivity index (χ3v) is 5.90. The van der Waals surface area contributed by atoms with E-state index in [0.29, 0.717) is 19.4 Å². The molecule has 31 heavy (non-hydrogen) atoms. The van der Waals surface area contributed by atoms with Crippen molar-refractivity contribution in [2.45, 2.75) is 142 Å². The molecule has 0 aromatic carbocycles. The van der Waals surface area contributed by atoms with Crippen molar-refractivity contribution in [3.05, 3.63) is 0 Å². The van der Waals surface area contributed by atoms with Crippen molar-refractivity contribution < 1.29 is 14.7 Å². The van der Waals surface area contributed by atoms with Crippen LogP contribution >= 0.6 is 0 Å². The summed E-state index contributed by atoms with van der Waals surface area (Å²) in [6.45, 7) is 5.10. The molecule has 5 heteroatoms. The molecule has 0 heterocycles. The Hall–Kier alpha value is -1.10. The third kappa shape index (κ3) is 21.9. The number of aliphatic hydroxyl groups is 1. The molecule has 3 N–H and O–H groups in total. The van der Waals surface area contributed by atoms with Crippen LogP contribution in [0.15, 0.2) is 0 Å². The van der Waals surface area contributed by atoms with E-state index in [9.17, 15) is 14.7 Å². The van der Waals surface area contributed by atoms with Gasteiger partial charge < -0.3 is 15.7 Å². The summed E-state index contributed by atoms with van der Waals surface area (Å²) in [6, 6.07) is -0.166. The quantitative estimate of drug-likeness (QED) is 0.170. The lowest BCUT2D eigenvalue weighted by Crippen LogP contribution is -2.37. The second-order valence-electron chi connectivity index (χ2n) is 9.04. The average Bonchev–Trinajstić information content (AvgIpc) is 2.76. The smallest absolute Gasteiger partial charge is 0.220 e. The fourth-order valence-corrected chi connectivity index (χ4v) is 3.83. The van der Waals surface area contributed by atoms with E-state index in [-0.39, 0.29) is 24.5 Å². The highest BCUT2D eigenvalue weighted by atomic mass is 16.3. The second-order valence-corrected chi connectivity index (χ2v) is 9.04. The van der Waals surface area contributed by atoms with E-state index in [1.165, 1.54) is 64.2 Å². The molecule has 0 unspecified atom stereocenters. The van der Waals surface area contributed by atoms with Crippen LogP contribution in [0, 0.1) is 0 Å². The average molecular weight is 441 g/mol. The standard InChI is InChI=1S/C26H52N2O3/c1-3-5-7-9-11-13-15-20-25(30)27-22-18-17-19-24(23-29)28-26(31)21-16-14-12-10-8-6-4-2/h24,29H,3-23H2,1-2H3,(H,27,30)(H,28,31)/t24-/m0/s1. The van der Waals surface area contributed by atoms with Crippen LogP contribution in [-0.4, -0.2) is 36.1 Å². The van der Waals surface area contributed by atoms with Crippen LogP contribution in [0.5, 0.6) is 0 Å². The number of carbonyl (C=O) groups excluding carboxylic acids is 2. The predicted molar refractivity (Wildman–Crippen MR) is 131 cm³/mol. The van der Waals surface area contributed by atoms with E-state index in [1.807, 2.05) is 0 Å². The van der Waals surface area contributed by atoms with Crippen molar-refractivity contribution in [1.29, 1.82) is 0 Å². The summed E-state index contributed by atoms with van der Waals surface area (Å²) in [5.74, 6) is 0.200. The van der Waals surface area contributed by atoms with Crippen LogP contribution in [0.25, 0.3) is 0 Å². The SMILES string of the molecule is CCCCCCCCCC(=O)NCCCC[C@@H](CO)NC(=O)CCCCCCCCC. The van der Waals surface area contributed by atoms with E-state index in [2.05, 4.69) is 24.5 Å². The molecule has 0 saturated heterocycles. The highest BCUT2D eigenvalue weighted by molar-refractivity contribution is 5.76. The van der Waals surface area contributed by atoms with Gasteiger partial charge in [0.25, 0.3) is 0 Å². The van der Waals surface area contributed by atoms with Gasteiger partial charge in [-0.15, -0.1) is 0 Å². The Labute approximate surface area is 192 Å². The van der Waals surface area contributed by atoms with E-state index in [0.717, 1.165) is 44.9 Å². The maximum Gasteiger partial charge on any atom is 0.220 e. The molecule has 0 aliphatic carbocycles. The maximum atomic E-state index is 12.0. The normalized spacial score (nSPS) is 12.0. The Balaban J connectivity index is 3.58. The second kappa shape index (κ2) is 23.6. The van der Waals surface area contributed by atoms with Crippen molar-refractivity contribution in [3.8, 4) is 0 Å². The Kier molecular flexibility index (Phi) is 22.7. The molecule has 184 valence electrons. The minimum atomic E-state index is -0.166. The first-order valence-electron chi connectivity index (χ1n) is 13.3.